The quantitative estimate of drug-likeness (QED) is 0.698. The first-order valence-electron chi connectivity index (χ1n) is 3.99. The molecule has 1 aromatic heterocycles. The molecule has 0 spiro atoms. The molecule has 2 rings (SSSR count). The SMILES string of the molecule is C=Cc1cc2cc(C#N)ccc2[nH]1. The minimum Gasteiger partial charge on any atom is -0.355 e. The maximum atomic E-state index is 8.68. The Bertz CT molecular complexity index is 500. The van der Waals surface area contributed by atoms with Crippen molar-refractivity contribution < 1.29 is 0 Å². The molecule has 1 heterocycles. The molecule has 2 aromatic rings. The number of fused-ring (bicyclic) bond motifs is 1. The molecule has 1 aromatic carbocycles. The van der Waals surface area contributed by atoms with Crippen molar-refractivity contribution in [2.45, 2.75) is 0 Å². The second-order valence-electron chi connectivity index (χ2n) is 2.84. The molecule has 0 bridgehead atoms. The Hall–Kier alpha value is -2.01. The summed E-state index contributed by atoms with van der Waals surface area (Å²) in [6, 6.07) is 9.64. The zero-order valence-electron chi connectivity index (χ0n) is 7.04. The van der Waals surface area contributed by atoms with E-state index in [0.717, 1.165) is 16.6 Å². The van der Waals surface area contributed by atoms with E-state index >= 15 is 0 Å². The number of hydrogen-bond donors (Lipinski definition) is 1. The highest BCUT2D eigenvalue weighted by Crippen LogP contribution is 2.17. The van der Waals surface area contributed by atoms with Gasteiger partial charge >= 0.3 is 0 Å². The van der Waals surface area contributed by atoms with Crippen molar-refractivity contribution >= 4 is 17.0 Å². The summed E-state index contributed by atoms with van der Waals surface area (Å²) in [5, 5.41) is 9.73. The van der Waals surface area contributed by atoms with Crippen LogP contribution in [0.25, 0.3) is 17.0 Å². The van der Waals surface area contributed by atoms with Crippen molar-refractivity contribution in [3.05, 3.63) is 42.1 Å². The summed E-state index contributed by atoms with van der Waals surface area (Å²) < 4.78 is 0. The van der Waals surface area contributed by atoms with Crippen molar-refractivity contribution in [1.29, 1.82) is 5.26 Å². The second kappa shape index (κ2) is 2.80. The van der Waals surface area contributed by atoms with Gasteiger partial charge in [0.15, 0.2) is 0 Å². The highest BCUT2D eigenvalue weighted by atomic mass is 14.7. The molecule has 0 atom stereocenters. The molecule has 0 amide bonds. The predicted octanol–water partition coefficient (Wildman–Crippen LogP) is 2.68. The first-order valence-corrected chi connectivity index (χ1v) is 3.99. The van der Waals surface area contributed by atoms with Crippen molar-refractivity contribution in [3.63, 3.8) is 0 Å². The summed E-state index contributed by atoms with van der Waals surface area (Å²) in [5.41, 5.74) is 2.70. The molecule has 0 unspecified atom stereocenters. The molecule has 2 nitrogen and oxygen atoms in total. The van der Waals surface area contributed by atoms with Gasteiger partial charge in [0.25, 0.3) is 0 Å². The number of aromatic nitrogens is 1. The van der Waals surface area contributed by atoms with Crippen LogP contribution in [-0.4, -0.2) is 4.98 Å². The van der Waals surface area contributed by atoms with Gasteiger partial charge in [-0.25, -0.2) is 0 Å². The van der Waals surface area contributed by atoms with Crippen LogP contribution in [0.2, 0.25) is 0 Å². The molecular weight excluding hydrogens is 160 g/mol. The lowest BCUT2D eigenvalue weighted by molar-refractivity contribution is 1.43. The van der Waals surface area contributed by atoms with E-state index in [4.69, 9.17) is 5.26 Å². The van der Waals surface area contributed by atoms with Gasteiger partial charge in [0, 0.05) is 16.6 Å². The summed E-state index contributed by atoms with van der Waals surface area (Å²) in [7, 11) is 0. The minimum absolute atomic E-state index is 0.683. The van der Waals surface area contributed by atoms with Crippen LogP contribution < -0.4 is 0 Å². The Morgan fingerprint density at radius 2 is 2.23 bits per heavy atom. The Balaban J connectivity index is 2.72. The lowest BCUT2D eigenvalue weighted by Crippen LogP contribution is -1.72. The summed E-state index contributed by atoms with van der Waals surface area (Å²) >= 11 is 0. The fourth-order valence-corrected chi connectivity index (χ4v) is 1.33. The van der Waals surface area contributed by atoms with Crippen molar-refractivity contribution in [2.75, 3.05) is 0 Å². The predicted molar refractivity (Wildman–Crippen MR) is 53.1 cm³/mol. The van der Waals surface area contributed by atoms with Gasteiger partial charge in [-0.1, -0.05) is 6.58 Å². The minimum atomic E-state index is 0.683. The van der Waals surface area contributed by atoms with Crippen LogP contribution in [0.1, 0.15) is 11.3 Å². The lowest BCUT2D eigenvalue weighted by atomic mass is 10.2. The number of nitrogens with zero attached hydrogens (tertiary/aromatic N) is 1. The van der Waals surface area contributed by atoms with E-state index in [1.807, 2.05) is 18.2 Å². The number of hydrogen-bond acceptors (Lipinski definition) is 1. The van der Waals surface area contributed by atoms with Gasteiger partial charge in [-0.3, -0.25) is 0 Å². The number of nitrogens with one attached hydrogen (secondary N) is 1. The average Bonchev–Trinajstić information content (AvgIpc) is 2.58. The highest BCUT2D eigenvalue weighted by molar-refractivity contribution is 5.83. The lowest BCUT2D eigenvalue weighted by Gasteiger charge is -1.88. The van der Waals surface area contributed by atoms with Crippen LogP contribution >= 0.6 is 0 Å². The number of benzene rings is 1. The monoisotopic (exact) mass is 168 g/mol. The Morgan fingerprint density at radius 3 is 2.92 bits per heavy atom. The van der Waals surface area contributed by atoms with Gasteiger partial charge in [0.05, 0.1) is 11.6 Å². The Morgan fingerprint density at radius 1 is 1.38 bits per heavy atom. The fraction of sp³-hybridized carbons (Fsp3) is 0. The maximum absolute atomic E-state index is 8.68. The molecule has 62 valence electrons. The van der Waals surface area contributed by atoms with Crippen LogP contribution in [0.3, 0.4) is 0 Å². The molecule has 2 heteroatoms. The number of H-pyrrole nitrogens is 1. The number of nitriles is 1. The third kappa shape index (κ3) is 1.21. The van der Waals surface area contributed by atoms with Crippen LogP contribution in [0.4, 0.5) is 0 Å². The second-order valence-corrected chi connectivity index (χ2v) is 2.84. The molecular formula is C11H8N2. The van der Waals surface area contributed by atoms with E-state index in [-0.39, 0.29) is 0 Å². The van der Waals surface area contributed by atoms with Crippen molar-refractivity contribution in [3.8, 4) is 6.07 Å². The van der Waals surface area contributed by atoms with E-state index in [2.05, 4.69) is 17.6 Å². The van der Waals surface area contributed by atoms with Gasteiger partial charge in [-0.05, 0) is 30.3 Å². The van der Waals surface area contributed by atoms with E-state index in [0.29, 0.717) is 5.56 Å². The van der Waals surface area contributed by atoms with Gasteiger partial charge in [0.2, 0.25) is 0 Å². The summed E-state index contributed by atoms with van der Waals surface area (Å²) in [5.74, 6) is 0. The van der Waals surface area contributed by atoms with Crippen LogP contribution in [-0.2, 0) is 0 Å². The van der Waals surface area contributed by atoms with E-state index in [1.165, 1.54) is 0 Å². The van der Waals surface area contributed by atoms with Gasteiger partial charge in [-0.15, -0.1) is 0 Å². The third-order valence-electron chi connectivity index (χ3n) is 1.99. The summed E-state index contributed by atoms with van der Waals surface area (Å²) in [6.45, 7) is 3.67. The zero-order chi connectivity index (χ0) is 9.26. The molecule has 0 aliphatic carbocycles. The van der Waals surface area contributed by atoms with Crippen LogP contribution in [0, 0.1) is 11.3 Å². The molecule has 0 saturated heterocycles. The maximum Gasteiger partial charge on any atom is 0.0991 e. The Labute approximate surface area is 76.1 Å². The molecule has 0 aliphatic rings. The topological polar surface area (TPSA) is 39.6 Å². The molecule has 1 N–H and O–H groups in total. The van der Waals surface area contributed by atoms with Crippen molar-refractivity contribution in [1.82, 2.24) is 4.98 Å². The van der Waals surface area contributed by atoms with Gasteiger partial charge in [0.1, 0.15) is 0 Å². The number of aromatic amines is 1. The Kier molecular flexibility index (Phi) is 1.64. The zero-order valence-corrected chi connectivity index (χ0v) is 7.04. The van der Waals surface area contributed by atoms with Crippen LogP contribution in [0.5, 0.6) is 0 Å². The molecule has 0 saturated carbocycles. The van der Waals surface area contributed by atoms with Crippen LogP contribution in [0.15, 0.2) is 30.8 Å². The standard InChI is InChI=1S/C11H8N2/c1-2-10-6-9-5-8(7-12)3-4-11(9)13-10/h2-6,13H,1H2. The average molecular weight is 168 g/mol. The first kappa shape index (κ1) is 7.63. The normalized spacial score (nSPS) is 9.77. The van der Waals surface area contributed by atoms with E-state index < -0.39 is 0 Å². The van der Waals surface area contributed by atoms with Gasteiger partial charge in [-0.2, -0.15) is 5.26 Å². The molecule has 0 fully saturated rings. The largest absolute Gasteiger partial charge is 0.355 e. The van der Waals surface area contributed by atoms with Crippen molar-refractivity contribution in [2.24, 2.45) is 0 Å². The number of rotatable bonds is 1. The molecule has 13 heavy (non-hydrogen) atoms. The summed E-state index contributed by atoms with van der Waals surface area (Å²) in [6.07, 6.45) is 1.76. The smallest absolute Gasteiger partial charge is 0.0991 e. The van der Waals surface area contributed by atoms with E-state index in [1.54, 1.807) is 12.1 Å². The molecule has 0 aliphatic heterocycles. The summed E-state index contributed by atoms with van der Waals surface area (Å²) in [4.78, 5) is 3.17. The van der Waals surface area contributed by atoms with Gasteiger partial charge < -0.3 is 4.98 Å². The third-order valence-corrected chi connectivity index (χ3v) is 1.99. The highest BCUT2D eigenvalue weighted by Gasteiger charge is 1.98. The van der Waals surface area contributed by atoms with E-state index in [9.17, 15) is 0 Å². The molecule has 0 radical (unpaired) electrons. The first-order chi connectivity index (χ1) is 6.33. The fourth-order valence-electron chi connectivity index (χ4n) is 1.33.